The molecular formula is C28H36Si. The van der Waals surface area contributed by atoms with E-state index in [1.807, 2.05) is 0 Å². The summed E-state index contributed by atoms with van der Waals surface area (Å²) in [5, 5.41) is 0. The molecule has 0 spiro atoms. The van der Waals surface area contributed by atoms with Gasteiger partial charge >= 0.3 is 0 Å². The van der Waals surface area contributed by atoms with Gasteiger partial charge in [0.25, 0.3) is 0 Å². The van der Waals surface area contributed by atoms with Gasteiger partial charge in [-0.25, -0.2) is 0 Å². The normalized spacial score (nSPS) is 44.0. The third-order valence-corrected chi connectivity index (χ3v) is 14.1. The number of rotatable bonds is 5. The summed E-state index contributed by atoms with van der Waals surface area (Å²) < 4.78 is 0. The van der Waals surface area contributed by atoms with Gasteiger partial charge in [-0.3, -0.25) is 0 Å². The number of fused-ring (bicyclic) bond motifs is 4. The van der Waals surface area contributed by atoms with Crippen molar-refractivity contribution in [2.45, 2.75) is 43.4 Å². The SMILES string of the molecule is C=CCCC1CC([Si](C)(C)C2C3C=CC=CC3C3C=CC=CC32)C2C=CC=CC12. The summed E-state index contributed by atoms with van der Waals surface area (Å²) in [6.07, 6.45) is 35.2. The first-order chi connectivity index (χ1) is 14.1. The lowest BCUT2D eigenvalue weighted by molar-refractivity contribution is 0.396. The van der Waals surface area contributed by atoms with Crippen LogP contribution in [0.15, 0.2) is 85.6 Å². The highest BCUT2D eigenvalue weighted by atomic mass is 28.3. The zero-order valence-corrected chi connectivity index (χ0v) is 19.0. The summed E-state index contributed by atoms with van der Waals surface area (Å²) in [7, 11) is -1.52. The molecule has 5 aliphatic rings. The zero-order chi connectivity index (χ0) is 20.0. The molecule has 0 bridgehead atoms. The molecule has 0 aromatic carbocycles. The van der Waals surface area contributed by atoms with Crippen molar-refractivity contribution in [2.24, 2.45) is 41.4 Å². The van der Waals surface area contributed by atoms with Crippen LogP contribution in [0.25, 0.3) is 0 Å². The highest BCUT2D eigenvalue weighted by Crippen LogP contribution is 2.64. The van der Waals surface area contributed by atoms with E-state index in [0.29, 0.717) is 11.8 Å². The van der Waals surface area contributed by atoms with Crippen molar-refractivity contribution < 1.29 is 0 Å². The van der Waals surface area contributed by atoms with Crippen molar-refractivity contribution in [3.8, 4) is 0 Å². The van der Waals surface area contributed by atoms with E-state index >= 15 is 0 Å². The molecule has 0 nitrogen and oxygen atoms in total. The lowest BCUT2D eigenvalue weighted by atomic mass is 9.83. The minimum Gasteiger partial charge on any atom is -0.103 e. The first kappa shape index (κ1) is 19.4. The molecule has 2 fully saturated rings. The Hall–Kier alpha value is -1.60. The van der Waals surface area contributed by atoms with Gasteiger partial charge in [-0.05, 0) is 71.8 Å². The van der Waals surface area contributed by atoms with Gasteiger partial charge in [0.1, 0.15) is 0 Å². The first-order valence-corrected chi connectivity index (χ1v) is 14.9. The van der Waals surface area contributed by atoms with Crippen LogP contribution in [0.3, 0.4) is 0 Å². The van der Waals surface area contributed by atoms with Crippen LogP contribution < -0.4 is 0 Å². The van der Waals surface area contributed by atoms with Crippen LogP contribution in [0.5, 0.6) is 0 Å². The maximum Gasteiger partial charge on any atom is 0.0554 e. The Balaban J connectivity index is 1.49. The average molecular weight is 401 g/mol. The molecule has 29 heavy (non-hydrogen) atoms. The summed E-state index contributed by atoms with van der Waals surface area (Å²) >= 11 is 0. The molecule has 8 atom stereocenters. The first-order valence-electron chi connectivity index (χ1n) is 11.8. The largest absolute Gasteiger partial charge is 0.103 e. The Morgan fingerprint density at radius 1 is 0.724 bits per heavy atom. The van der Waals surface area contributed by atoms with E-state index in [-0.39, 0.29) is 0 Å². The second-order valence-electron chi connectivity index (χ2n) is 10.6. The number of allylic oxidation sites excluding steroid dienone is 13. The number of hydrogen-bond acceptors (Lipinski definition) is 0. The Kier molecular flexibility index (Phi) is 5.06. The van der Waals surface area contributed by atoms with Gasteiger partial charge in [0.15, 0.2) is 0 Å². The molecule has 0 N–H and O–H groups in total. The molecule has 0 aliphatic heterocycles. The fourth-order valence-electron chi connectivity index (χ4n) is 7.86. The Morgan fingerprint density at radius 2 is 1.21 bits per heavy atom. The molecule has 0 amide bonds. The molecule has 8 unspecified atom stereocenters. The van der Waals surface area contributed by atoms with Crippen LogP contribution >= 0.6 is 0 Å². The van der Waals surface area contributed by atoms with Gasteiger partial charge in [0.05, 0.1) is 8.07 Å². The highest BCUT2D eigenvalue weighted by Gasteiger charge is 2.58. The van der Waals surface area contributed by atoms with Crippen LogP contribution in [0.2, 0.25) is 24.2 Å². The third-order valence-electron chi connectivity index (χ3n) is 9.06. The Bertz CT molecular complexity index is 785. The molecule has 0 heterocycles. The van der Waals surface area contributed by atoms with Crippen LogP contribution in [-0.2, 0) is 0 Å². The van der Waals surface area contributed by atoms with Crippen LogP contribution in [0.1, 0.15) is 19.3 Å². The van der Waals surface area contributed by atoms with E-state index in [1.54, 1.807) is 0 Å². The van der Waals surface area contributed by atoms with Gasteiger partial charge in [0, 0.05) is 0 Å². The molecule has 1 heteroatoms. The fraction of sp³-hybridized carbons (Fsp3) is 0.500. The van der Waals surface area contributed by atoms with Crippen molar-refractivity contribution >= 4 is 8.07 Å². The zero-order valence-electron chi connectivity index (χ0n) is 18.0. The van der Waals surface area contributed by atoms with Gasteiger partial charge < -0.3 is 0 Å². The average Bonchev–Trinajstić information content (AvgIpc) is 3.29. The molecule has 0 radical (unpaired) electrons. The molecular weight excluding hydrogens is 364 g/mol. The van der Waals surface area contributed by atoms with Crippen molar-refractivity contribution in [3.63, 3.8) is 0 Å². The molecule has 152 valence electrons. The second-order valence-corrected chi connectivity index (χ2v) is 15.6. The molecule has 5 aliphatic carbocycles. The summed E-state index contributed by atoms with van der Waals surface area (Å²) in [6, 6.07) is 0. The molecule has 2 saturated carbocycles. The van der Waals surface area contributed by atoms with Crippen LogP contribution in [-0.4, -0.2) is 8.07 Å². The van der Waals surface area contributed by atoms with E-state index in [0.717, 1.165) is 40.7 Å². The van der Waals surface area contributed by atoms with Crippen molar-refractivity contribution in [1.82, 2.24) is 0 Å². The highest BCUT2D eigenvalue weighted by molar-refractivity contribution is 6.80. The smallest absolute Gasteiger partial charge is 0.0554 e. The van der Waals surface area contributed by atoms with Gasteiger partial charge in [-0.15, -0.1) is 6.58 Å². The standard InChI is InChI=1S/C28H36Si/c1-4-5-12-20-19-27(24-16-9-6-13-21(20)24)29(2,3)28-25-17-10-7-14-22(25)23-15-8-11-18-26(23)28/h4,6-11,13-18,20-28H,1,5,12,19H2,2-3H3. The van der Waals surface area contributed by atoms with E-state index < -0.39 is 8.07 Å². The van der Waals surface area contributed by atoms with Crippen molar-refractivity contribution in [2.75, 3.05) is 0 Å². The lowest BCUT2D eigenvalue weighted by Gasteiger charge is -2.44. The van der Waals surface area contributed by atoms with Gasteiger partial charge in [-0.1, -0.05) is 92.1 Å². The second kappa shape index (κ2) is 7.58. The van der Waals surface area contributed by atoms with Crippen LogP contribution in [0, 0.1) is 41.4 Å². The Morgan fingerprint density at radius 3 is 1.76 bits per heavy atom. The maximum atomic E-state index is 4.00. The molecule has 5 rings (SSSR count). The minimum atomic E-state index is -1.52. The Labute approximate surface area is 178 Å². The predicted octanol–water partition coefficient (Wildman–Crippen LogP) is 7.51. The third kappa shape index (κ3) is 3.08. The van der Waals surface area contributed by atoms with E-state index in [2.05, 4.69) is 98.7 Å². The summed E-state index contributed by atoms with van der Waals surface area (Å²) in [6.45, 7) is 9.49. The van der Waals surface area contributed by atoms with E-state index in [4.69, 9.17) is 0 Å². The van der Waals surface area contributed by atoms with Gasteiger partial charge in [-0.2, -0.15) is 0 Å². The summed E-state index contributed by atoms with van der Waals surface area (Å²) in [5.41, 5.74) is 1.74. The summed E-state index contributed by atoms with van der Waals surface area (Å²) in [4.78, 5) is 0. The maximum absolute atomic E-state index is 4.00. The van der Waals surface area contributed by atoms with Gasteiger partial charge in [0.2, 0.25) is 0 Å². The lowest BCUT2D eigenvalue weighted by Crippen LogP contribution is -2.44. The van der Waals surface area contributed by atoms with E-state index in [9.17, 15) is 0 Å². The molecule has 0 saturated heterocycles. The molecule has 0 aromatic heterocycles. The topological polar surface area (TPSA) is 0 Å². The van der Waals surface area contributed by atoms with E-state index in [1.165, 1.54) is 19.3 Å². The van der Waals surface area contributed by atoms with Crippen molar-refractivity contribution in [3.05, 3.63) is 85.6 Å². The van der Waals surface area contributed by atoms with Crippen LogP contribution in [0.4, 0.5) is 0 Å². The fourth-order valence-corrected chi connectivity index (χ4v) is 13.2. The summed E-state index contributed by atoms with van der Waals surface area (Å²) in [5.74, 6) is 5.24. The minimum absolute atomic E-state index is 0.707. The predicted molar refractivity (Wildman–Crippen MR) is 128 cm³/mol. The quantitative estimate of drug-likeness (QED) is 0.331. The number of hydrogen-bond donors (Lipinski definition) is 0. The van der Waals surface area contributed by atoms with Crippen molar-refractivity contribution in [1.29, 1.82) is 0 Å². The monoisotopic (exact) mass is 400 g/mol. The molecule has 0 aromatic rings.